The van der Waals surface area contributed by atoms with Gasteiger partial charge in [0.15, 0.2) is 0 Å². The summed E-state index contributed by atoms with van der Waals surface area (Å²) in [6.45, 7) is 6.81. The molecule has 0 bridgehead atoms. The molecule has 0 fully saturated rings. The van der Waals surface area contributed by atoms with Crippen molar-refractivity contribution in [3.63, 3.8) is 0 Å². The maximum Gasteiger partial charge on any atom is 0.0488 e. The van der Waals surface area contributed by atoms with Crippen molar-refractivity contribution >= 4 is 10.8 Å². The second-order valence-corrected chi connectivity index (χ2v) is 6.29. The van der Waals surface area contributed by atoms with Gasteiger partial charge >= 0.3 is 0 Å². The lowest BCUT2D eigenvalue weighted by atomic mass is 10.1. The number of rotatable bonds is 5. The first-order valence-corrected chi connectivity index (χ1v) is 7.08. The molecule has 2 nitrogen and oxygen atoms in total. The molecule has 0 radical (unpaired) electrons. The number of nitrogens with two attached hydrogens (primary N) is 1. The first-order valence-electron chi connectivity index (χ1n) is 5.69. The molecule has 0 amide bonds. The van der Waals surface area contributed by atoms with Crippen LogP contribution >= 0.6 is 0 Å². The van der Waals surface area contributed by atoms with E-state index in [0.717, 1.165) is 11.1 Å². The van der Waals surface area contributed by atoms with Crippen molar-refractivity contribution in [1.29, 1.82) is 0 Å². The molecule has 1 rings (SSSR count). The molecule has 0 aromatic heterocycles. The lowest BCUT2D eigenvalue weighted by Crippen LogP contribution is -2.19. The summed E-state index contributed by atoms with van der Waals surface area (Å²) in [7, 11) is -0.797. The molecule has 0 aliphatic rings. The minimum absolute atomic E-state index is 0.238. The van der Waals surface area contributed by atoms with Gasteiger partial charge in [0.2, 0.25) is 0 Å². The Morgan fingerprint density at radius 3 is 2.44 bits per heavy atom. The van der Waals surface area contributed by atoms with Gasteiger partial charge in [0.25, 0.3) is 0 Å². The van der Waals surface area contributed by atoms with E-state index in [0.29, 0.717) is 18.2 Å². The Balaban J connectivity index is 2.69. The third-order valence-electron chi connectivity index (χ3n) is 2.89. The normalized spacial score (nSPS) is 15.1. The Morgan fingerprint density at radius 1 is 1.25 bits per heavy atom. The van der Waals surface area contributed by atoms with Crippen LogP contribution in [0, 0.1) is 5.92 Å². The molecule has 0 spiro atoms. The highest BCUT2D eigenvalue weighted by molar-refractivity contribution is 7.84. The van der Waals surface area contributed by atoms with E-state index in [9.17, 15) is 4.21 Å². The molecule has 0 saturated heterocycles. The van der Waals surface area contributed by atoms with Gasteiger partial charge in [0.05, 0.1) is 0 Å². The van der Waals surface area contributed by atoms with Gasteiger partial charge in [-0.2, -0.15) is 0 Å². The fourth-order valence-electron chi connectivity index (χ4n) is 1.45. The summed E-state index contributed by atoms with van der Waals surface area (Å²) in [6, 6.07) is 8.04. The van der Waals surface area contributed by atoms with Crippen molar-refractivity contribution in [1.82, 2.24) is 0 Å². The summed E-state index contributed by atoms with van der Waals surface area (Å²) in [5, 5.41) is 0.238. The van der Waals surface area contributed by atoms with Crippen LogP contribution in [0.4, 0.5) is 0 Å². The molecule has 0 heterocycles. The van der Waals surface area contributed by atoms with Crippen LogP contribution in [0.15, 0.2) is 24.3 Å². The van der Waals surface area contributed by atoms with Crippen LogP contribution in [0.1, 0.15) is 31.9 Å². The van der Waals surface area contributed by atoms with Gasteiger partial charge in [-0.1, -0.05) is 45.0 Å². The van der Waals surface area contributed by atoms with Crippen molar-refractivity contribution in [2.75, 3.05) is 0 Å². The lowest BCUT2D eigenvalue weighted by molar-refractivity contribution is 0.605. The summed E-state index contributed by atoms with van der Waals surface area (Å²) < 4.78 is 12.0. The van der Waals surface area contributed by atoms with E-state index in [1.54, 1.807) is 0 Å². The zero-order valence-corrected chi connectivity index (χ0v) is 11.1. The Kier molecular flexibility index (Phi) is 5.16. The van der Waals surface area contributed by atoms with Gasteiger partial charge in [0.1, 0.15) is 0 Å². The first-order chi connectivity index (χ1) is 7.54. The predicted octanol–water partition coefficient (Wildman–Crippen LogP) is 2.44. The van der Waals surface area contributed by atoms with E-state index in [4.69, 9.17) is 5.73 Å². The topological polar surface area (TPSA) is 43.1 Å². The standard InChI is InChI=1S/C13H21NOS/c1-10(2)11(3)16(15)9-13-6-4-5-12(7-13)8-14/h4-7,10-11H,8-9,14H2,1-3H3. The van der Waals surface area contributed by atoms with Gasteiger partial charge in [0, 0.05) is 28.3 Å². The molecule has 2 atom stereocenters. The molecule has 90 valence electrons. The third-order valence-corrected chi connectivity index (χ3v) is 4.88. The fraction of sp³-hybridized carbons (Fsp3) is 0.538. The minimum Gasteiger partial charge on any atom is -0.326 e. The predicted molar refractivity (Wildman–Crippen MR) is 70.5 cm³/mol. The fourth-order valence-corrected chi connectivity index (χ4v) is 2.82. The zero-order valence-electron chi connectivity index (χ0n) is 10.3. The second-order valence-electron chi connectivity index (χ2n) is 4.50. The van der Waals surface area contributed by atoms with E-state index in [2.05, 4.69) is 13.8 Å². The highest BCUT2D eigenvalue weighted by Gasteiger charge is 2.15. The molecule has 0 saturated carbocycles. The Morgan fingerprint density at radius 2 is 1.88 bits per heavy atom. The van der Waals surface area contributed by atoms with Gasteiger partial charge < -0.3 is 5.73 Å². The van der Waals surface area contributed by atoms with Gasteiger partial charge in [-0.25, -0.2) is 0 Å². The quantitative estimate of drug-likeness (QED) is 0.857. The van der Waals surface area contributed by atoms with Gasteiger partial charge in [-0.15, -0.1) is 0 Å². The van der Waals surface area contributed by atoms with Crippen LogP contribution < -0.4 is 5.73 Å². The molecular formula is C13H21NOS. The van der Waals surface area contributed by atoms with Crippen molar-refractivity contribution in [2.24, 2.45) is 11.7 Å². The summed E-state index contributed by atoms with van der Waals surface area (Å²) in [5.74, 6) is 1.09. The monoisotopic (exact) mass is 239 g/mol. The Labute approximate surface area is 101 Å². The number of hydrogen-bond acceptors (Lipinski definition) is 2. The van der Waals surface area contributed by atoms with Crippen molar-refractivity contribution in [3.05, 3.63) is 35.4 Å². The summed E-state index contributed by atoms with van der Waals surface area (Å²) >= 11 is 0. The molecule has 2 unspecified atom stereocenters. The molecule has 2 N–H and O–H groups in total. The first kappa shape index (κ1) is 13.4. The van der Waals surface area contributed by atoms with E-state index in [1.807, 2.05) is 31.2 Å². The third kappa shape index (κ3) is 3.72. The lowest BCUT2D eigenvalue weighted by Gasteiger charge is -2.15. The Hall–Kier alpha value is -0.670. The number of hydrogen-bond donors (Lipinski definition) is 1. The average molecular weight is 239 g/mol. The maximum absolute atomic E-state index is 12.0. The smallest absolute Gasteiger partial charge is 0.0488 e. The number of benzene rings is 1. The largest absolute Gasteiger partial charge is 0.326 e. The van der Waals surface area contributed by atoms with Crippen molar-refractivity contribution in [2.45, 2.75) is 38.3 Å². The molecule has 1 aromatic rings. The van der Waals surface area contributed by atoms with Crippen molar-refractivity contribution in [3.8, 4) is 0 Å². The summed E-state index contributed by atoms with van der Waals surface area (Å²) in [5.41, 5.74) is 7.80. The van der Waals surface area contributed by atoms with Crippen LogP contribution in [0.25, 0.3) is 0 Å². The van der Waals surface area contributed by atoms with E-state index < -0.39 is 10.8 Å². The van der Waals surface area contributed by atoms with E-state index in [-0.39, 0.29) is 5.25 Å². The zero-order chi connectivity index (χ0) is 12.1. The van der Waals surface area contributed by atoms with E-state index >= 15 is 0 Å². The Bertz CT molecular complexity index is 363. The highest BCUT2D eigenvalue weighted by Crippen LogP contribution is 2.14. The van der Waals surface area contributed by atoms with Crippen LogP contribution in [-0.2, 0) is 23.1 Å². The average Bonchev–Trinajstić information content (AvgIpc) is 2.28. The summed E-state index contributed by atoms with van der Waals surface area (Å²) in [4.78, 5) is 0. The second kappa shape index (κ2) is 6.16. The van der Waals surface area contributed by atoms with Crippen LogP contribution in [0.2, 0.25) is 0 Å². The van der Waals surface area contributed by atoms with Crippen LogP contribution in [-0.4, -0.2) is 9.46 Å². The summed E-state index contributed by atoms with van der Waals surface area (Å²) in [6.07, 6.45) is 0. The molecular weight excluding hydrogens is 218 g/mol. The highest BCUT2D eigenvalue weighted by atomic mass is 32.2. The van der Waals surface area contributed by atoms with Crippen LogP contribution in [0.3, 0.4) is 0 Å². The maximum atomic E-state index is 12.0. The van der Waals surface area contributed by atoms with Crippen molar-refractivity contribution < 1.29 is 4.21 Å². The molecule has 0 aliphatic heterocycles. The SMILES string of the molecule is CC(C)C(C)S(=O)Cc1cccc(CN)c1. The molecule has 0 aliphatic carbocycles. The van der Waals surface area contributed by atoms with Gasteiger partial charge in [-0.3, -0.25) is 4.21 Å². The minimum atomic E-state index is -0.797. The molecule has 16 heavy (non-hydrogen) atoms. The van der Waals surface area contributed by atoms with Gasteiger partial charge in [-0.05, 0) is 17.0 Å². The molecule has 3 heteroatoms. The molecule has 1 aromatic carbocycles. The van der Waals surface area contributed by atoms with Crippen LogP contribution in [0.5, 0.6) is 0 Å². The van der Waals surface area contributed by atoms with E-state index in [1.165, 1.54) is 0 Å².